The van der Waals surface area contributed by atoms with E-state index in [0.717, 1.165) is 30.4 Å². The molecule has 0 radical (unpaired) electrons. The maximum atomic E-state index is 6.10. The Labute approximate surface area is 111 Å². The molecule has 1 fully saturated rings. The third kappa shape index (κ3) is 2.29. The normalized spacial score (nSPS) is 15.1. The number of aromatic nitrogens is 2. The first kappa shape index (κ1) is 11.4. The summed E-state index contributed by atoms with van der Waals surface area (Å²) in [6.07, 6.45) is 2.50. The Kier molecular flexibility index (Phi) is 3.11. The van der Waals surface area contributed by atoms with Crippen LogP contribution in [0.5, 0.6) is 0 Å². The lowest BCUT2D eigenvalue weighted by Gasteiger charge is -2.12. The smallest absolute Gasteiger partial charge is 0.152 e. The predicted octanol–water partition coefficient (Wildman–Crippen LogP) is 3.41. The van der Waals surface area contributed by atoms with Gasteiger partial charge in [0.1, 0.15) is 5.82 Å². The summed E-state index contributed by atoms with van der Waals surface area (Å²) in [6.45, 7) is 2.19. The highest BCUT2D eigenvalue weighted by Gasteiger charge is 2.15. The Balaban J connectivity index is 1.75. The van der Waals surface area contributed by atoms with Crippen molar-refractivity contribution >= 4 is 28.9 Å². The van der Waals surface area contributed by atoms with E-state index in [1.54, 1.807) is 0 Å². The van der Waals surface area contributed by atoms with Crippen molar-refractivity contribution in [2.45, 2.75) is 12.8 Å². The number of anilines is 3. The van der Waals surface area contributed by atoms with E-state index in [-0.39, 0.29) is 0 Å². The van der Waals surface area contributed by atoms with Crippen LogP contribution in [0.3, 0.4) is 0 Å². The molecule has 5 heteroatoms. The summed E-state index contributed by atoms with van der Waals surface area (Å²) in [7, 11) is 0. The number of hydrogen-bond acceptors (Lipinski definition) is 3. The number of para-hydroxylation sites is 1. The van der Waals surface area contributed by atoms with E-state index in [4.69, 9.17) is 11.6 Å². The summed E-state index contributed by atoms with van der Waals surface area (Å²) in [6, 6.07) is 9.69. The van der Waals surface area contributed by atoms with Gasteiger partial charge in [0.15, 0.2) is 5.82 Å². The zero-order valence-electron chi connectivity index (χ0n) is 9.99. The van der Waals surface area contributed by atoms with Crippen LogP contribution >= 0.6 is 11.6 Å². The van der Waals surface area contributed by atoms with E-state index >= 15 is 0 Å². The molecule has 0 spiro atoms. The zero-order valence-corrected chi connectivity index (χ0v) is 10.7. The number of aromatic amines is 1. The zero-order chi connectivity index (χ0) is 12.4. The van der Waals surface area contributed by atoms with E-state index in [9.17, 15) is 0 Å². The van der Waals surface area contributed by atoms with Crippen molar-refractivity contribution in [3.63, 3.8) is 0 Å². The standard InChI is InChI=1S/C13H15ClN4/c14-10-5-1-2-6-11(10)15-12-9-13(17-16-12)18-7-3-4-8-18/h1-2,5-6,9H,3-4,7-8H2,(H2,15,16,17). The molecule has 3 rings (SSSR count). The average Bonchev–Trinajstić information content (AvgIpc) is 3.02. The van der Waals surface area contributed by atoms with E-state index in [1.165, 1.54) is 12.8 Å². The molecule has 4 nitrogen and oxygen atoms in total. The molecule has 1 saturated heterocycles. The second-order valence-corrected chi connectivity index (χ2v) is 4.85. The van der Waals surface area contributed by atoms with E-state index in [0.29, 0.717) is 5.02 Å². The van der Waals surface area contributed by atoms with Crippen LogP contribution < -0.4 is 10.2 Å². The van der Waals surface area contributed by atoms with Crippen molar-refractivity contribution in [1.29, 1.82) is 0 Å². The van der Waals surface area contributed by atoms with Gasteiger partial charge in [-0.2, -0.15) is 5.10 Å². The summed E-state index contributed by atoms with van der Waals surface area (Å²) in [5.74, 6) is 1.87. The minimum absolute atomic E-state index is 0.704. The van der Waals surface area contributed by atoms with Crippen molar-refractivity contribution in [2.75, 3.05) is 23.3 Å². The van der Waals surface area contributed by atoms with Crippen molar-refractivity contribution < 1.29 is 0 Å². The predicted molar refractivity (Wildman–Crippen MR) is 74.8 cm³/mol. The highest BCUT2D eigenvalue weighted by atomic mass is 35.5. The molecule has 0 saturated carbocycles. The Bertz CT molecular complexity index is 531. The van der Waals surface area contributed by atoms with Crippen LogP contribution in [0.2, 0.25) is 5.02 Å². The first-order valence-corrected chi connectivity index (χ1v) is 6.52. The third-order valence-corrected chi connectivity index (χ3v) is 3.47. The lowest BCUT2D eigenvalue weighted by Crippen LogP contribution is -2.17. The molecule has 94 valence electrons. The molecule has 0 amide bonds. The average molecular weight is 263 g/mol. The van der Waals surface area contributed by atoms with Crippen LogP contribution in [0.25, 0.3) is 0 Å². The molecule has 18 heavy (non-hydrogen) atoms. The van der Waals surface area contributed by atoms with Gasteiger partial charge in [0.05, 0.1) is 10.7 Å². The van der Waals surface area contributed by atoms with Crippen molar-refractivity contribution in [1.82, 2.24) is 10.2 Å². The fourth-order valence-electron chi connectivity index (χ4n) is 2.19. The molecule has 0 bridgehead atoms. The summed E-state index contributed by atoms with van der Waals surface area (Å²) in [4.78, 5) is 2.29. The van der Waals surface area contributed by atoms with Crippen LogP contribution in [-0.4, -0.2) is 23.3 Å². The van der Waals surface area contributed by atoms with Crippen LogP contribution in [0, 0.1) is 0 Å². The lowest BCUT2D eigenvalue weighted by molar-refractivity contribution is 0.921. The molecule has 2 aromatic rings. The summed E-state index contributed by atoms with van der Waals surface area (Å²) in [5.41, 5.74) is 0.885. The van der Waals surface area contributed by atoms with Gasteiger partial charge in [0.25, 0.3) is 0 Å². The lowest BCUT2D eigenvalue weighted by atomic mass is 10.3. The number of hydrogen-bond donors (Lipinski definition) is 2. The first-order chi connectivity index (χ1) is 8.83. The van der Waals surface area contributed by atoms with Gasteiger partial charge >= 0.3 is 0 Å². The maximum Gasteiger partial charge on any atom is 0.152 e. The van der Waals surface area contributed by atoms with Crippen molar-refractivity contribution in [3.05, 3.63) is 35.4 Å². The van der Waals surface area contributed by atoms with Gasteiger partial charge in [-0.05, 0) is 25.0 Å². The fourth-order valence-corrected chi connectivity index (χ4v) is 2.37. The highest BCUT2D eigenvalue weighted by molar-refractivity contribution is 6.33. The largest absolute Gasteiger partial charge is 0.355 e. The van der Waals surface area contributed by atoms with Crippen LogP contribution in [0.4, 0.5) is 17.3 Å². The topological polar surface area (TPSA) is 44.0 Å². The number of nitrogens with zero attached hydrogens (tertiary/aromatic N) is 2. The van der Waals surface area contributed by atoms with Crippen LogP contribution in [0.1, 0.15) is 12.8 Å². The first-order valence-electron chi connectivity index (χ1n) is 6.15. The quantitative estimate of drug-likeness (QED) is 0.891. The maximum absolute atomic E-state index is 6.10. The summed E-state index contributed by atoms with van der Waals surface area (Å²) >= 11 is 6.10. The molecule has 1 aliphatic heterocycles. The van der Waals surface area contributed by atoms with E-state index in [2.05, 4.69) is 20.4 Å². The molecule has 1 aliphatic rings. The Morgan fingerprint density at radius 2 is 2.00 bits per heavy atom. The van der Waals surface area contributed by atoms with Gasteiger partial charge in [-0.1, -0.05) is 23.7 Å². The number of halogens is 1. The summed E-state index contributed by atoms with van der Waals surface area (Å²) < 4.78 is 0. The van der Waals surface area contributed by atoms with Gasteiger partial charge in [-0.15, -0.1) is 0 Å². The molecule has 1 aromatic carbocycles. The highest BCUT2D eigenvalue weighted by Crippen LogP contribution is 2.26. The van der Waals surface area contributed by atoms with Crippen LogP contribution in [0.15, 0.2) is 30.3 Å². The Hall–Kier alpha value is -1.68. The third-order valence-electron chi connectivity index (χ3n) is 3.14. The van der Waals surface area contributed by atoms with Crippen LogP contribution in [-0.2, 0) is 0 Å². The minimum Gasteiger partial charge on any atom is -0.355 e. The molecule has 0 atom stereocenters. The summed E-state index contributed by atoms with van der Waals surface area (Å²) in [5, 5.41) is 11.3. The molecular formula is C13H15ClN4. The van der Waals surface area contributed by atoms with E-state index < -0.39 is 0 Å². The monoisotopic (exact) mass is 262 g/mol. The molecule has 2 heterocycles. The van der Waals surface area contributed by atoms with Gasteiger partial charge < -0.3 is 10.2 Å². The van der Waals surface area contributed by atoms with Gasteiger partial charge in [0, 0.05) is 19.2 Å². The Morgan fingerprint density at radius 3 is 2.78 bits per heavy atom. The number of rotatable bonds is 3. The fraction of sp³-hybridized carbons (Fsp3) is 0.308. The molecule has 2 N–H and O–H groups in total. The molecule has 0 unspecified atom stereocenters. The molecule has 0 aliphatic carbocycles. The molecule has 1 aromatic heterocycles. The van der Waals surface area contributed by atoms with Gasteiger partial charge in [0.2, 0.25) is 0 Å². The second kappa shape index (κ2) is 4.90. The number of H-pyrrole nitrogens is 1. The number of nitrogens with one attached hydrogen (secondary N) is 2. The van der Waals surface area contributed by atoms with Crippen molar-refractivity contribution in [3.8, 4) is 0 Å². The molecular weight excluding hydrogens is 248 g/mol. The van der Waals surface area contributed by atoms with Crippen molar-refractivity contribution in [2.24, 2.45) is 0 Å². The SMILES string of the molecule is Clc1ccccc1Nc1cc(N2CCCC2)n[nH]1. The minimum atomic E-state index is 0.704. The van der Waals surface area contributed by atoms with E-state index in [1.807, 2.05) is 30.3 Å². The number of benzene rings is 1. The second-order valence-electron chi connectivity index (χ2n) is 4.44. The van der Waals surface area contributed by atoms with Gasteiger partial charge in [-0.3, -0.25) is 5.10 Å². The van der Waals surface area contributed by atoms with Gasteiger partial charge in [-0.25, -0.2) is 0 Å². The Morgan fingerprint density at radius 1 is 1.22 bits per heavy atom.